The number of piperazine rings is 1. The first-order valence-electron chi connectivity index (χ1n) is 10.7. The Kier molecular flexibility index (Phi) is 6.62. The Balaban J connectivity index is 1.43. The van der Waals surface area contributed by atoms with Crippen molar-refractivity contribution in [3.63, 3.8) is 0 Å². The highest BCUT2D eigenvalue weighted by Crippen LogP contribution is 2.30. The van der Waals surface area contributed by atoms with Crippen LogP contribution in [0.15, 0.2) is 23.1 Å². The van der Waals surface area contributed by atoms with Crippen LogP contribution in [0.2, 0.25) is 0 Å². The molecule has 30 heavy (non-hydrogen) atoms. The molecule has 4 rings (SSSR count). The number of morpholine rings is 1. The van der Waals surface area contributed by atoms with Gasteiger partial charge in [-0.05, 0) is 36.5 Å². The zero-order valence-electron chi connectivity index (χ0n) is 17.6. The van der Waals surface area contributed by atoms with E-state index >= 15 is 0 Å². The Morgan fingerprint density at radius 2 is 1.80 bits per heavy atom. The number of rotatable bonds is 7. The molecule has 9 heteroatoms. The molecule has 0 aromatic heterocycles. The molecule has 0 N–H and O–H groups in total. The molecule has 0 bridgehead atoms. The Hall–Kier alpha value is -1.68. The second-order valence-corrected chi connectivity index (χ2v) is 10.2. The van der Waals surface area contributed by atoms with Gasteiger partial charge < -0.3 is 14.4 Å². The van der Waals surface area contributed by atoms with Gasteiger partial charge in [-0.3, -0.25) is 9.69 Å². The lowest BCUT2D eigenvalue weighted by atomic mass is 10.1. The number of benzene rings is 1. The third-order valence-electron chi connectivity index (χ3n) is 6.11. The van der Waals surface area contributed by atoms with Crippen LogP contribution < -0.4 is 4.74 Å². The van der Waals surface area contributed by atoms with Crippen molar-refractivity contribution >= 4 is 15.9 Å². The van der Waals surface area contributed by atoms with Crippen LogP contribution >= 0.6 is 0 Å². The van der Waals surface area contributed by atoms with Gasteiger partial charge in [0.25, 0.3) is 0 Å². The molecule has 0 atom stereocenters. The lowest BCUT2D eigenvalue weighted by Gasteiger charge is -2.35. The summed E-state index contributed by atoms with van der Waals surface area (Å²) >= 11 is 0. The minimum Gasteiger partial charge on any atom is -0.495 e. The van der Waals surface area contributed by atoms with Gasteiger partial charge in [0.1, 0.15) is 10.6 Å². The van der Waals surface area contributed by atoms with E-state index in [9.17, 15) is 13.2 Å². The van der Waals surface area contributed by atoms with Gasteiger partial charge in [0.2, 0.25) is 15.9 Å². The van der Waals surface area contributed by atoms with E-state index in [0.717, 1.165) is 38.6 Å². The van der Waals surface area contributed by atoms with Crippen LogP contribution in [0.25, 0.3) is 0 Å². The summed E-state index contributed by atoms with van der Waals surface area (Å²) in [7, 11) is -2.25. The predicted octanol–water partition coefficient (Wildman–Crippen LogP) is 0.813. The summed E-state index contributed by atoms with van der Waals surface area (Å²) in [6, 6.07) is 5.01. The summed E-state index contributed by atoms with van der Waals surface area (Å²) < 4.78 is 38.2. The quantitative estimate of drug-likeness (QED) is 0.628. The monoisotopic (exact) mass is 437 g/mol. The van der Waals surface area contributed by atoms with Crippen LogP contribution in [0.4, 0.5) is 0 Å². The molecular weight excluding hydrogens is 406 g/mol. The lowest BCUT2D eigenvalue weighted by Crippen LogP contribution is -2.49. The third-order valence-corrected chi connectivity index (χ3v) is 8.03. The van der Waals surface area contributed by atoms with E-state index in [-0.39, 0.29) is 17.2 Å². The van der Waals surface area contributed by atoms with Crippen LogP contribution in [0.1, 0.15) is 18.4 Å². The average molecular weight is 438 g/mol. The summed E-state index contributed by atoms with van der Waals surface area (Å²) in [5, 5.41) is 0. The van der Waals surface area contributed by atoms with Gasteiger partial charge in [0.05, 0.1) is 26.7 Å². The Morgan fingerprint density at radius 3 is 2.43 bits per heavy atom. The molecule has 1 aromatic carbocycles. The zero-order valence-corrected chi connectivity index (χ0v) is 18.4. The van der Waals surface area contributed by atoms with E-state index in [1.165, 1.54) is 24.3 Å². The first-order valence-corrected chi connectivity index (χ1v) is 12.2. The third kappa shape index (κ3) is 4.96. The molecule has 2 heterocycles. The normalized spacial score (nSPS) is 21.6. The SMILES string of the molecule is COc1ccc(CC(=O)N2CCN(CC3CC3)CC2)cc1S(=O)(=O)N1CCOCC1. The minimum absolute atomic E-state index is 0.0426. The number of carbonyl (C=O) groups excluding carboxylic acids is 1. The molecule has 3 aliphatic rings. The summed E-state index contributed by atoms with van der Waals surface area (Å²) in [6.45, 7) is 5.87. The standard InChI is InChI=1S/C21H31N3O5S/c1-28-19-5-4-18(14-20(19)30(26,27)24-10-12-29-13-11-24)15-21(25)23-8-6-22(7-9-23)16-17-2-3-17/h4-5,14,17H,2-3,6-13,15-16H2,1H3. The molecule has 1 amide bonds. The molecule has 0 spiro atoms. The molecule has 0 radical (unpaired) electrons. The first kappa shape index (κ1) is 21.5. The molecule has 1 aliphatic carbocycles. The van der Waals surface area contributed by atoms with E-state index < -0.39 is 10.0 Å². The maximum Gasteiger partial charge on any atom is 0.246 e. The van der Waals surface area contributed by atoms with Crippen LogP contribution in [0.5, 0.6) is 5.75 Å². The molecule has 0 unspecified atom stereocenters. The minimum atomic E-state index is -3.70. The van der Waals surface area contributed by atoms with Crippen molar-refractivity contribution in [1.29, 1.82) is 0 Å². The van der Waals surface area contributed by atoms with E-state index in [4.69, 9.17) is 9.47 Å². The number of methoxy groups -OCH3 is 1. The van der Waals surface area contributed by atoms with Gasteiger partial charge in [-0.2, -0.15) is 4.31 Å². The number of nitrogens with zero attached hydrogens (tertiary/aromatic N) is 3. The number of carbonyl (C=O) groups is 1. The molecular formula is C21H31N3O5S. The highest BCUT2D eigenvalue weighted by molar-refractivity contribution is 7.89. The topological polar surface area (TPSA) is 79.4 Å². The van der Waals surface area contributed by atoms with E-state index in [2.05, 4.69) is 4.90 Å². The largest absolute Gasteiger partial charge is 0.495 e. The number of sulfonamides is 1. The molecule has 2 aliphatic heterocycles. The number of amides is 1. The molecule has 3 fully saturated rings. The highest BCUT2D eigenvalue weighted by Gasteiger charge is 2.30. The fourth-order valence-corrected chi connectivity index (χ4v) is 5.70. The fourth-order valence-electron chi connectivity index (χ4n) is 4.09. The van der Waals surface area contributed by atoms with Gasteiger partial charge in [-0.1, -0.05) is 6.07 Å². The van der Waals surface area contributed by atoms with Gasteiger partial charge in [-0.25, -0.2) is 8.42 Å². The van der Waals surface area contributed by atoms with Crippen molar-refractivity contribution in [1.82, 2.24) is 14.1 Å². The molecule has 166 valence electrons. The molecule has 2 saturated heterocycles. The Morgan fingerprint density at radius 1 is 1.10 bits per heavy atom. The van der Waals surface area contributed by atoms with E-state index in [1.54, 1.807) is 18.2 Å². The Bertz CT molecular complexity index is 857. The average Bonchev–Trinajstić information content (AvgIpc) is 3.59. The van der Waals surface area contributed by atoms with Crippen LogP contribution in [-0.2, 0) is 26.0 Å². The predicted molar refractivity (Wildman–Crippen MR) is 112 cm³/mol. The first-order chi connectivity index (χ1) is 14.5. The van der Waals surface area contributed by atoms with Crippen molar-refractivity contribution in [2.75, 3.05) is 66.1 Å². The fraction of sp³-hybridized carbons (Fsp3) is 0.667. The van der Waals surface area contributed by atoms with Crippen molar-refractivity contribution in [2.45, 2.75) is 24.2 Å². The summed E-state index contributed by atoms with van der Waals surface area (Å²) in [5.74, 6) is 1.20. The van der Waals surface area contributed by atoms with Crippen LogP contribution in [0, 0.1) is 5.92 Å². The summed E-state index contributed by atoms with van der Waals surface area (Å²) in [6.07, 6.45) is 2.87. The van der Waals surface area contributed by atoms with Crippen molar-refractivity contribution in [3.05, 3.63) is 23.8 Å². The van der Waals surface area contributed by atoms with Crippen LogP contribution in [-0.4, -0.2) is 94.6 Å². The van der Waals surface area contributed by atoms with Gasteiger partial charge >= 0.3 is 0 Å². The van der Waals surface area contributed by atoms with Crippen molar-refractivity contribution in [2.24, 2.45) is 5.92 Å². The van der Waals surface area contributed by atoms with Crippen molar-refractivity contribution < 1.29 is 22.7 Å². The maximum atomic E-state index is 13.1. The summed E-state index contributed by atoms with van der Waals surface area (Å²) in [4.78, 5) is 17.3. The summed E-state index contributed by atoms with van der Waals surface area (Å²) in [5.41, 5.74) is 0.688. The second kappa shape index (κ2) is 9.21. The van der Waals surface area contributed by atoms with Gasteiger partial charge in [-0.15, -0.1) is 0 Å². The molecule has 1 saturated carbocycles. The second-order valence-electron chi connectivity index (χ2n) is 8.30. The number of hydrogen-bond acceptors (Lipinski definition) is 6. The highest BCUT2D eigenvalue weighted by atomic mass is 32.2. The number of ether oxygens (including phenoxy) is 2. The van der Waals surface area contributed by atoms with Crippen LogP contribution in [0.3, 0.4) is 0 Å². The van der Waals surface area contributed by atoms with Gasteiger partial charge in [0.15, 0.2) is 0 Å². The number of hydrogen-bond donors (Lipinski definition) is 0. The molecule has 1 aromatic rings. The lowest BCUT2D eigenvalue weighted by molar-refractivity contribution is -0.132. The maximum absolute atomic E-state index is 13.1. The smallest absolute Gasteiger partial charge is 0.246 e. The molecule has 8 nitrogen and oxygen atoms in total. The van der Waals surface area contributed by atoms with E-state index in [0.29, 0.717) is 37.6 Å². The van der Waals surface area contributed by atoms with Crippen molar-refractivity contribution in [3.8, 4) is 5.75 Å². The Labute approximate surface area is 178 Å². The van der Waals surface area contributed by atoms with E-state index in [1.807, 2.05) is 4.90 Å². The van der Waals surface area contributed by atoms with Gasteiger partial charge in [0, 0.05) is 45.8 Å². The zero-order chi connectivity index (χ0) is 21.1.